The maximum atomic E-state index is 14.9. The number of halogens is 3. The largest absolute Gasteiger partial charge is 0.486 e. The molecule has 0 spiro atoms. The Morgan fingerprint density at radius 2 is 1.74 bits per heavy atom. The molecule has 2 aromatic heterocycles. The molecule has 0 saturated heterocycles. The van der Waals surface area contributed by atoms with E-state index in [0.29, 0.717) is 6.07 Å². The highest BCUT2D eigenvalue weighted by Gasteiger charge is 2.26. The van der Waals surface area contributed by atoms with E-state index >= 15 is 0 Å². The number of allylic oxidation sites excluding steroid dienone is 1. The zero-order valence-electron chi connectivity index (χ0n) is 30.0. The van der Waals surface area contributed by atoms with Crippen molar-refractivity contribution in [2.45, 2.75) is 58.4 Å². The van der Waals surface area contributed by atoms with Gasteiger partial charge in [0.1, 0.15) is 52.7 Å². The predicted octanol–water partition coefficient (Wildman–Crippen LogP) is 5.72. The van der Waals surface area contributed by atoms with Crippen molar-refractivity contribution in [3.8, 4) is 5.75 Å². The maximum Gasteiger partial charge on any atom is 0.419 e. The summed E-state index contributed by atoms with van der Waals surface area (Å²) in [7, 11) is 4.29. The summed E-state index contributed by atoms with van der Waals surface area (Å²) in [5.74, 6) is -3.57. The summed E-state index contributed by atoms with van der Waals surface area (Å²) in [6.45, 7) is 4.21. The van der Waals surface area contributed by atoms with Crippen LogP contribution in [-0.2, 0) is 32.2 Å². The monoisotopic (exact) mass is 739 g/mol. The standard InChI is InChI=1S/C37H40F3N5O8/c1-37(2,3)53-36(50)45-26(17-23-16-25(39)19-30(32(23)45)52-21-22-13-14-24(38)18-27(22)40)20-44-15-9-11-29(34(44)48)41-33(47)28(42-35(49)51-6)10-7-8-12-31(46)43(4)5/h8-9,11-19,28H,7,10,20-21H2,1-6H3,(H,41,47)(H,42,49)/b12-8+/t28-/m0/s1. The van der Waals surface area contributed by atoms with E-state index in [2.05, 4.69) is 15.4 Å². The number of benzene rings is 2. The number of fused-ring (bicyclic) bond motifs is 1. The lowest BCUT2D eigenvalue weighted by Gasteiger charge is -2.22. The lowest BCUT2D eigenvalue weighted by Crippen LogP contribution is -2.44. The van der Waals surface area contributed by atoms with Crippen molar-refractivity contribution < 1.29 is 46.6 Å². The van der Waals surface area contributed by atoms with Gasteiger partial charge in [-0.05, 0) is 76.1 Å². The number of ether oxygens (including phenoxy) is 3. The number of carbonyl (C=O) groups excluding carboxylic acids is 4. The van der Waals surface area contributed by atoms with Crippen LogP contribution in [0.15, 0.2) is 71.7 Å². The second kappa shape index (κ2) is 17.0. The number of amides is 3. The van der Waals surface area contributed by atoms with Gasteiger partial charge < -0.3 is 34.3 Å². The van der Waals surface area contributed by atoms with Gasteiger partial charge in [0, 0.05) is 43.4 Å². The van der Waals surface area contributed by atoms with Crippen molar-refractivity contribution in [1.82, 2.24) is 19.4 Å². The Kier molecular flexibility index (Phi) is 12.7. The summed E-state index contributed by atoms with van der Waals surface area (Å²) in [6.07, 6.45) is 2.79. The van der Waals surface area contributed by atoms with Crippen LogP contribution in [0.1, 0.15) is 44.9 Å². The highest BCUT2D eigenvalue weighted by Crippen LogP contribution is 2.33. The third-order valence-electron chi connectivity index (χ3n) is 7.60. The smallest absolute Gasteiger partial charge is 0.419 e. The summed E-state index contributed by atoms with van der Waals surface area (Å²) in [5.41, 5.74) is -1.63. The first-order chi connectivity index (χ1) is 25.0. The molecule has 0 aliphatic rings. The second-order valence-electron chi connectivity index (χ2n) is 13.1. The van der Waals surface area contributed by atoms with E-state index in [1.807, 2.05) is 0 Å². The zero-order chi connectivity index (χ0) is 39.0. The summed E-state index contributed by atoms with van der Waals surface area (Å²) in [5, 5.41) is 5.13. The van der Waals surface area contributed by atoms with Crippen LogP contribution >= 0.6 is 0 Å². The minimum atomic E-state index is -1.15. The lowest BCUT2D eigenvalue weighted by molar-refractivity contribution is -0.123. The number of nitrogens with one attached hydrogen (secondary N) is 2. The molecule has 0 bridgehead atoms. The summed E-state index contributed by atoms with van der Waals surface area (Å²) < 4.78 is 61.1. The SMILES string of the molecule is COC(=O)N[C@@H](CC/C=C/C(=O)N(C)C)C(=O)Nc1cccn(Cc2cc3cc(F)cc(OCc4ccc(F)cc4F)c3n2C(=O)OC(C)(C)C)c1=O. The van der Waals surface area contributed by atoms with Gasteiger partial charge in [0.2, 0.25) is 11.8 Å². The lowest BCUT2D eigenvalue weighted by atomic mass is 10.1. The molecule has 16 heteroatoms. The van der Waals surface area contributed by atoms with E-state index < -0.39 is 59.4 Å². The first-order valence-corrected chi connectivity index (χ1v) is 16.3. The molecule has 2 heterocycles. The number of aromatic nitrogens is 2. The molecule has 53 heavy (non-hydrogen) atoms. The average Bonchev–Trinajstić information content (AvgIpc) is 3.44. The van der Waals surface area contributed by atoms with Crippen LogP contribution in [-0.4, -0.2) is 70.9 Å². The summed E-state index contributed by atoms with van der Waals surface area (Å²) in [4.78, 5) is 65.9. The number of nitrogens with zero attached hydrogens (tertiary/aromatic N) is 3. The molecular weight excluding hydrogens is 699 g/mol. The number of methoxy groups -OCH3 is 1. The molecule has 1 atom stereocenters. The molecule has 2 N–H and O–H groups in total. The molecule has 3 amide bonds. The average molecular weight is 740 g/mol. The van der Waals surface area contributed by atoms with Crippen LogP contribution in [0.4, 0.5) is 28.4 Å². The van der Waals surface area contributed by atoms with Crippen molar-refractivity contribution in [2.24, 2.45) is 0 Å². The van der Waals surface area contributed by atoms with Crippen LogP contribution in [0.5, 0.6) is 5.75 Å². The van der Waals surface area contributed by atoms with E-state index in [9.17, 15) is 37.1 Å². The summed E-state index contributed by atoms with van der Waals surface area (Å²) >= 11 is 0. The minimum absolute atomic E-state index is 0.0234. The third-order valence-corrected chi connectivity index (χ3v) is 7.60. The van der Waals surface area contributed by atoms with Crippen LogP contribution in [0.3, 0.4) is 0 Å². The molecule has 0 unspecified atom stereocenters. The Hall–Kier alpha value is -6.06. The van der Waals surface area contributed by atoms with Gasteiger partial charge in [-0.25, -0.2) is 27.3 Å². The Morgan fingerprint density at radius 1 is 1.00 bits per heavy atom. The zero-order valence-corrected chi connectivity index (χ0v) is 30.0. The van der Waals surface area contributed by atoms with Gasteiger partial charge in [-0.15, -0.1) is 0 Å². The molecule has 2 aromatic carbocycles. The number of anilines is 1. The van der Waals surface area contributed by atoms with Crippen molar-refractivity contribution in [1.29, 1.82) is 0 Å². The van der Waals surface area contributed by atoms with Crippen molar-refractivity contribution in [3.05, 3.63) is 106 Å². The van der Waals surface area contributed by atoms with Crippen LogP contribution in [0.25, 0.3) is 10.9 Å². The second-order valence-corrected chi connectivity index (χ2v) is 13.1. The quantitative estimate of drug-likeness (QED) is 0.175. The maximum absolute atomic E-state index is 14.9. The fraction of sp³-hybridized carbons (Fsp3) is 0.324. The van der Waals surface area contributed by atoms with Crippen molar-refractivity contribution in [2.75, 3.05) is 26.5 Å². The molecule has 0 aliphatic carbocycles. The molecular formula is C37H40F3N5O8. The van der Waals surface area contributed by atoms with Gasteiger partial charge in [0.25, 0.3) is 5.56 Å². The Morgan fingerprint density at radius 3 is 2.40 bits per heavy atom. The molecule has 0 aliphatic heterocycles. The van der Waals surface area contributed by atoms with Crippen molar-refractivity contribution >= 4 is 40.6 Å². The van der Waals surface area contributed by atoms with Crippen molar-refractivity contribution in [3.63, 3.8) is 0 Å². The molecule has 13 nitrogen and oxygen atoms in total. The normalized spacial score (nSPS) is 12.0. The van der Waals surface area contributed by atoms with Gasteiger partial charge in [0.05, 0.1) is 19.3 Å². The van der Waals surface area contributed by atoms with Gasteiger partial charge >= 0.3 is 12.2 Å². The number of hydrogen-bond acceptors (Lipinski definition) is 8. The number of pyridine rings is 1. The molecule has 4 aromatic rings. The number of alkyl carbamates (subject to hydrolysis) is 1. The Bertz CT molecular complexity index is 2100. The third kappa shape index (κ3) is 10.5. The van der Waals surface area contributed by atoms with E-state index in [1.54, 1.807) is 40.9 Å². The minimum Gasteiger partial charge on any atom is -0.486 e. The number of likely N-dealkylation sites (N-methyl/N-ethyl adjacent to an activating group) is 1. The fourth-order valence-corrected chi connectivity index (χ4v) is 5.09. The van der Waals surface area contributed by atoms with Gasteiger partial charge in [-0.3, -0.25) is 14.4 Å². The van der Waals surface area contributed by atoms with Gasteiger partial charge in [-0.1, -0.05) is 6.08 Å². The van der Waals surface area contributed by atoms with Gasteiger partial charge in [0.15, 0.2) is 0 Å². The predicted molar refractivity (Wildman–Crippen MR) is 189 cm³/mol. The van der Waals surface area contributed by atoms with E-state index in [4.69, 9.17) is 9.47 Å². The Balaban J connectivity index is 1.68. The van der Waals surface area contributed by atoms with Gasteiger partial charge in [-0.2, -0.15) is 0 Å². The van der Waals surface area contributed by atoms with Crippen LogP contribution < -0.4 is 20.9 Å². The summed E-state index contributed by atoms with van der Waals surface area (Å²) in [6, 6.07) is 8.18. The topological polar surface area (TPSA) is 150 Å². The molecule has 282 valence electrons. The number of carbonyl (C=O) groups is 4. The highest BCUT2D eigenvalue weighted by molar-refractivity contribution is 5.97. The van der Waals surface area contributed by atoms with E-state index in [0.717, 1.165) is 29.9 Å². The van der Waals surface area contributed by atoms with Crippen LogP contribution in [0.2, 0.25) is 0 Å². The Labute approximate surface area is 302 Å². The number of hydrogen-bond donors (Lipinski definition) is 2. The molecule has 0 fully saturated rings. The fourth-order valence-electron chi connectivity index (χ4n) is 5.09. The van der Waals surface area contributed by atoms with Crippen LogP contribution in [0, 0.1) is 17.5 Å². The van der Waals surface area contributed by atoms with E-state index in [-0.39, 0.29) is 58.9 Å². The van der Waals surface area contributed by atoms with E-state index in [1.165, 1.54) is 46.0 Å². The highest BCUT2D eigenvalue weighted by atomic mass is 19.1. The first-order valence-electron chi connectivity index (χ1n) is 16.3. The molecule has 0 radical (unpaired) electrons. The molecule has 4 rings (SSSR count). The molecule has 0 saturated carbocycles. The first kappa shape index (κ1) is 39.7. The number of rotatable bonds is 12.